The number of aliphatic hydroxyl groups excluding tert-OH is 1. The second-order valence-electron chi connectivity index (χ2n) is 12.8. The third-order valence-corrected chi connectivity index (χ3v) is 8.62. The highest BCUT2D eigenvalue weighted by Crippen LogP contribution is 2.22. The summed E-state index contributed by atoms with van der Waals surface area (Å²) >= 11 is 0. The molecule has 0 amide bonds. The molecule has 256 valence electrons. The van der Waals surface area contributed by atoms with Gasteiger partial charge in [-0.25, -0.2) is 0 Å². The number of hydrogen-bond acceptors (Lipinski definition) is 6. The minimum atomic E-state index is -0.356. The van der Waals surface area contributed by atoms with Crippen molar-refractivity contribution in [3.05, 3.63) is 0 Å². The molecule has 0 aromatic rings. The van der Waals surface area contributed by atoms with E-state index in [1.165, 1.54) is 103 Å². The summed E-state index contributed by atoms with van der Waals surface area (Å²) in [7, 11) is 0. The van der Waals surface area contributed by atoms with Gasteiger partial charge in [0.1, 0.15) is 6.04 Å². The predicted molar refractivity (Wildman–Crippen MR) is 181 cm³/mol. The Hall–Kier alpha value is -1.14. The Morgan fingerprint density at radius 2 is 1.05 bits per heavy atom. The number of ether oxygens (including phenoxy) is 2. The minimum Gasteiger partial charge on any atom is -0.466 e. The van der Waals surface area contributed by atoms with Crippen LogP contribution in [0.4, 0.5) is 0 Å². The van der Waals surface area contributed by atoms with Gasteiger partial charge in [-0.05, 0) is 31.6 Å². The lowest BCUT2D eigenvalue weighted by Crippen LogP contribution is -2.39. The SMILES string of the molecule is CCCCCCCCCCOC(=O)CCCCCCCC(NCCO)C(=O)OCCC(CCCCCC)CCCCCC. The lowest BCUT2D eigenvalue weighted by atomic mass is 9.92. The summed E-state index contributed by atoms with van der Waals surface area (Å²) in [5.74, 6) is 0.402. The van der Waals surface area contributed by atoms with Crippen molar-refractivity contribution in [3.8, 4) is 0 Å². The molecule has 0 heterocycles. The van der Waals surface area contributed by atoms with E-state index in [1.54, 1.807) is 0 Å². The maximum Gasteiger partial charge on any atom is 0.323 e. The molecule has 0 radical (unpaired) electrons. The van der Waals surface area contributed by atoms with Crippen LogP contribution in [0.25, 0.3) is 0 Å². The highest BCUT2D eigenvalue weighted by molar-refractivity contribution is 5.75. The number of hydrogen-bond donors (Lipinski definition) is 2. The van der Waals surface area contributed by atoms with E-state index in [9.17, 15) is 14.7 Å². The van der Waals surface area contributed by atoms with Crippen LogP contribution in [0.3, 0.4) is 0 Å². The van der Waals surface area contributed by atoms with Crippen molar-refractivity contribution in [3.63, 3.8) is 0 Å². The Morgan fingerprint density at radius 3 is 1.63 bits per heavy atom. The summed E-state index contributed by atoms with van der Waals surface area (Å²) in [6.07, 6.45) is 29.8. The Labute approximate surface area is 267 Å². The summed E-state index contributed by atoms with van der Waals surface area (Å²) < 4.78 is 11.1. The summed E-state index contributed by atoms with van der Waals surface area (Å²) in [6, 6.07) is -0.356. The first-order valence-corrected chi connectivity index (χ1v) is 18.7. The molecule has 2 N–H and O–H groups in total. The van der Waals surface area contributed by atoms with Gasteiger partial charge in [0, 0.05) is 13.0 Å². The van der Waals surface area contributed by atoms with Gasteiger partial charge in [-0.2, -0.15) is 0 Å². The van der Waals surface area contributed by atoms with Gasteiger partial charge >= 0.3 is 11.9 Å². The second-order valence-corrected chi connectivity index (χ2v) is 12.8. The molecule has 0 saturated heterocycles. The molecule has 0 aliphatic carbocycles. The van der Waals surface area contributed by atoms with E-state index in [-0.39, 0.29) is 24.6 Å². The van der Waals surface area contributed by atoms with Crippen molar-refractivity contribution >= 4 is 11.9 Å². The van der Waals surface area contributed by atoms with Crippen LogP contribution in [-0.2, 0) is 19.1 Å². The molecular weight excluding hydrogens is 538 g/mol. The second kappa shape index (κ2) is 33.7. The normalized spacial score (nSPS) is 12.1. The zero-order valence-electron chi connectivity index (χ0n) is 28.9. The summed E-state index contributed by atoms with van der Waals surface area (Å²) in [4.78, 5) is 24.8. The van der Waals surface area contributed by atoms with Crippen LogP contribution >= 0.6 is 0 Å². The van der Waals surface area contributed by atoms with Crippen LogP contribution in [0, 0.1) is 5.92 Å². The molecule has 0 aliphatic rings. The quantitative estimate of drug-likeness (QED) is 0.0556. The van der Waals surface area contributed by atoms with Crippen molar-refractivity contribution in [2.24, 2.45) is 5.92 Å². The number of carbonyl (C=O) groups excluding carboxylic acids is 2. The monoisotopic (exact) mass is 612 g/mol. The number of rotatable bonds is 34. The number of esters is 2. The van der Waals surface area contributed by atoms with Gasteiger partial charge in [0.15, 0.2) is 0 Å². The average Bonchev–Trinajstić information content (AvgIpc) is 3.01. The van der Waals surface area contributed by atoms with Crippen LogP contribution in [-0.4, -0.2) is 49.5 Å². The minimum absolute atomic E-state index is 0.0104. The lowest BCUT2D eigenvalue weighted by molar-refractivity contribution is -0.147. The molecule has 0 rings (SSSR count). The maximum absolute atomic E-state index is 12.9. The van der Waals surface area contributed by atoms with E-state index in [0.29, 0.717) is 32.1 Å². The molecule has 0 aromatic heterocycles. The van der Waals surface area contributed by atoms with Gasteiger partial charge in [0.2, 0.25) is 0 Å². The summed E-state index contributed by atoms with van der Waals surface area (Å²) in [6.45, 7) is 8.21. The van der Waals surface area contributed by atoms with E-state index in [2.05, 4.69) is 26.1 Å². The molecule has 0 fully saturated rings. The van der Waals surface area contributed by atoms with E-state index in [1.807, 2.05) is 0 Å². The average molecular weight is 612 g/mol. The molecule has 6 heteroatoms. The first-order valence-electron chi connectivity index (χ1n) is 18.7. The zero-order valence-corrected chi connectivity index (χ0v) is 28.9. The van der Waals surface area contributed by atoms with E-state index in [0.717, 1.165) is 57.8 Å². The van der Waals surface area contributed by atoms with Crippen LogP contribution in [0.2, 0.25) is 0 Å². The van der Waals surface area contributed by atoms with E-state index in [4.69, 9.17) is 9.47 Å². The first-order chi connectivity index (χ1) is 21.1. The van der Waals surface area contributed by atoms with Crippen molar-refractivity contribution in [2.45, 2.75) is 194 Å². The summed E-state index contributed by atoms with van der Waals surface area (Å²) in [5.41, 5.74) is 0. The Balaban J connectivity index is 4.09. The molecule has 6 nitrogen and oxygen atoms in total. The standard InChI is InChI=1S/C37H73NO5/c1-4-7-10-13-14-15-19-24-32-42-36(40)28-23-18-16-17-22-27-35(38-30-31-39)37(41)43-33-29-34(25-20-11-8-5-2)26-21-12-9-6-3/h34-35,38-39H,4-33H2,1-3H3. The fourth-order valence-electron chi connectivity index (χ4n) is 5.76. The highest BCUT2D eigenvalue weighted by atomic mass is 16.5. The molecule has 0 spiro atoms. The van der Waals surface area contributed by atoms with Crippen molar-refractivity contribution in [2.75, 3.05) is 26.4 Å². The number of unbranched alkanes of at least 4 members (excludes halogenated alkanes) is 17. The van der Waals surface area contributed by atoms with Crippen LogP contribution in [0.15, 0.2) is 0 Å². The number of carbonyl (C=O) groups is 2. The van der Waals surface area contributed by atoms with Gasteiger partial charge in [-0.3, -0.25) is 9.59 Å². The van der Waals surface area contributed by atoms with Crippen molar-refractivity contribution in [1.82, 2.24) is 5.32 Å². The largest absolute Gasteiger partial charge is 0.466 e. The number of aliphatic hydroxyl groups is 1. The van der Waals surface area contributed by atoms with Gasteiger partial charge < -0.3 is 19.9 Å². The molecule has 0 saturated carbocycles. The predicted octanol–water partition coefficient (Wildman–Crippen LogP) is 9.84. The fraction of sp³-hybridized carbons (Fsp3) is 0.946. The maximum atomic E-state index is 12.9. The van der Waals surface area contributed by atoms with Crippen LogP contribution in [0.1, 0.15) is 188 Å². The Morgan fingerprint density at radius 1 is 0.558 bits per heavy atom. The number of nitrogens with one attached hydrogen (secondary N) is 1. The summed E-state index contributed by atoms with van der Waals surface area (Å²) in [5, 5.41) is 12.5. The van der Waals surface area contributed by atoms with Gasteiger partial charge in [-0.15, -0.1) is 0 Å². The molecule has 1 unspecified atom stereocenters. The third-order valence-electron chi connectivity index (χ3n) is 8.62. The van der Waals surface area contributed by atoms with Crippen LogP contribution < -0.4 is 5.32 Å². The molecular formula is C37H73NO5. The molecule has 0 aliphatic heterocycles. The topological polar surface area (TPSA) is 84.9 Å². The molecule has 0 bridgehead atoms. The van der Waals surface area contributed by atoms with Crippen molar-refractivity contribution in [1.29, 1.82) is 0 Å². The van der Waals surface area contributed by atoms with E-state index >= 15 is 0 Å². The fourth-order valence-corrected chi connectivity index (χ4v) is 5.76. The molecule has 1 atom stereocenters. The molecule has 43 heavy (non-hydrogen) atoms. The Kier molecular flexibility index (Phi) is 32.9. The van der Waals surface area contributed by atoms with Gasteiger partial charge in [-0.1, -0.05) is 156 Å². The van der Waals surface area contributed by atoms with Gasteiger partial charge in [0.25, 0.3) is 0 Å². The molecule has 0 aromatic carbocycles. The lowest BCUT2D eigenvalue weighted by Gasteiger charge is -2.20. The smallest absolute Gasteiger partial charge is 0.323 e. The van der Waals surface area contributed by atoms with E-state index < -0.39 is 0 Å². The zero-order chi connectivity index (χ0) is 31.6. The van der Waals surface area contributed by atoms with Crippen molar-refractivity contribution < 1.29 is 24.2 Å². The highest BCUT2D eigenvalue weighted by Gasteiger charge is 2.19. The third kappa shape index (κ3) is 29.3. The Bertz CT molecular complexity index is 588. The van der Waals surface area contributed by atoms with Crippen LogP contribution in [0.5, 0.6) is 0 Å². The van der Waals surface area contributed by atoms with Gasteiger partial charge in [0.05, 0.1) is 19.8 Å². The first kappa shape index (κ1) is 41.9.